The molecule has 9 heteroatoms. The normalized spacial score (nSPS) is 10.9. The maximum Gasteiger partial charge on any atom is 0.200 e. The van der Waals surface area contributed by atoms with Gasteiger partial charge in [-0.2, -0.15) is 0 Å². The second-order valence-corrected chi connectivity index (χ2v) is 5.70. The second-order valence-electron chi connectivity index (χ2n) is 5.70. The molecule has 0 spiro atoms. The molecule has 0 aliphatic heterocycles. The number of carbonyl (C=O) groups is 1. The van der Waals surface area contributed by atoms with Crippen molar-refractivity contribution in [3.63, 3.8) is 0 Å². The lowest BCUT2D eigenvalue weighted by Crippen LogP contribution is -2.07. The molecule has 0 radical (unpaired) electrons. The fourth-order valence-corrected chi connectivity index (χ4v) is 2.62. The number of pyridine rings is 2. The Morgan fingerprint density at radius 1 is 1.15 bits per heavy atom. The fourth-order valence-electron chi connectivity index (χ4n) is 2.62. The SMILES string of the molecule is CC(=O)c1ccn2nc(-c3ccc(F)cn3)nc(Nc3ccncc3F)c12. The number of halogens is 2. The molecule has 0 aliphatic rings. The van der Waals surface area contributed by atoms with Crippen LogP contribution in [0, 0.1) is 11.6 Å². The van der Waals surface area contributed by atoms with Crippen LogP contribution in [0.1, 0.15) is 17.3 Å². The number of fused-ring (bicyclic) bond motifs is 1. The Kier molecular flexibility index (Phi) is 4.03. The van der Waals surface area contributed by atoms with Gasteiger partial charge < -0.3 is 5.32 Å². The molecule has 0 saturated heterocycles. The van der Waals surface area contributed by atoms with Crippen molar-refractivity contribution in [2.45, 2.75) is 6.92 Å². The van der Waals surface area contributed by atoms with E-state index in [1.165, 1.54) is 35.8 Å². The van der Waals surface area contributed by atoms with Crippen LogP contribution in [0.25, 0.3) is 17.0 Å². The van der Waals surface area contributed by atoms with E-state index in [1.807, 2.05) is 0 Å². The maximum absolute atomic E-state index is 14.0. The molecule has 4 aromatic heterocycles. The molecule has 0 amide bonds. The minimum absolute atomic E-state index is 0.138. The summed E-state index contributed by atoms with van der Waals surface area (Å²) in [6, 6.07) is 5.72. The molecule has 134 valence electrons. The smallest absolute Gasteiger partial charge is 0.200 e. The molecule has 4 rings (SSSR count). The maximum atomic E-state index is 14.0. The van der Waals surface area contributed by atoms with Crippen LogP contribution in [0.15, 0.2) is 49.1 Å². The highest BCUT2D eigenvalue weighted by Crippen LogP contribution is 2.27. The first kappa shape index (κ1) is 16.7. The molecule has 7 nitrogen and oxygen atoms in total. The molecule has 0 atom stereocenters. The summed E-state index contributed by atoms with van der Waals surface area (Å²) < 4.78 is 28.6. The topological polar surface area (TPSA) is 85.1 Å². The molecule has 27 heavy (non-hydrogen) atoms. The number of nitrogens with one attached hydrogen (secondary N) is 1. The quantitative estimate of drug-likeness (QED) is 0.557. The van der Waals surface area contributed by atoms with Crippen LogP contribution in [-0.2, 0) is 0 Å². The predicted molar refractivity (Wildman–Crippen MR) is 93.7 cm³/mol. The van der Waals surface area contributed by atoms with Crippen molar-refractivity contribution in [2.75, 3.05) is 5.32 Å². The van der Waals surface area contributed by atoms with Gasteiger partial charge in [-0.3, -0.25) is 9.78 Å². The number of carbonyl (C=O) groups excluding carboxylic acids is 1. The van der Waals surface area contributed by atoms with Gasteiger partial charge >= 0.3 is 0 Å². The van der Waals surface area contributed by atoms with E-state index in [-0.39, 0.29) is 23.1 Å². The Bertz CT molecular complexity index is 1160. The Balaban J connectivity index is 1.92. The van der Waals surface area contributed by atoms with E-state index < -0.39 is 11.6 Å². The van der Waals surface area contributed by atoms with Crippen molar-refractivity contribution in [1.82, 2.24) is 24.6 Å². The molecular formula is C18H12F2N6O. The molecule has 1 N–H and O–H groups in total. The van der Waals surface area contributed by atoms with Gasteiger partial charge in [0.1, 0.15) is 17.0 Å². The van der Waals surface area contributed by atoms with Gasteiger partial charge in [-0.1, -0.05) is 0 Å². The molecule has 0 fully saturated rings. The van der Waals surface area contributed by atoms with Crippen molar-refractivity contribution in [1.29, 1.82) is 0 Å². The molecule has 0 aromatic carbocycles. The largest absolute Gasteiger partial charge is 0.336 e. The molecule has 0 aliphatic carbocycles. The van der Waals surface area contributed by atoms with Crippen molar-refractivity contribution < 1.29 is 13.6 Å². The highest BCUT2D eigenvalue weighted by atomic mass is 19.1. The van der Waals surface area contributed by atoms with Crippen molar-refractivity contribution in [3.8, 4) is 11.5 Å². The second kappa shape index (κ2) is 6.52. The van der Waals surface area contributed by atoms with Crippen LogP contribution in [0.3, 0.4) is 0 Å². The van der Waals surface area contributed by atoms with Crippen LogP contribution in [0.4, 0.5) is 20.3 Å². The van der Waals surface area contributed by atoms with E-state index in [0.29, 0.717) is 16.8 Å². The number of rotatable bonds is 4. The summed E-state index contributed by atoms with van der Waals surface area (Å²) in [5.74, 6) is -0.855. The monoisotopic (exact) mass is 366 g/mol. The summed E-state index contributed by atoms with van der Waals surface area (Å²) in [5, 5.41) is 7.20. The minimum atomic E-state index is -0.577. The molecular weight excluding hydrogens is 354 g/mol. The van der Waals surface area contributed by atoms with Crippen LogP contribution in [0.5, 0.6) is 0 Å². The number of nitrogens with zero attached hydrogens (tertiary/aromatic N) is 5. The van der Waals surface area contributed by atoms with Gasteiger partial charge in [-0.05, 0) is 31.2 Å². The van der Waals surface area contributed by atoms with Gasteiger partial charge in [0.05, 0.1) is 18.1 Å². The van der Waals surface area contributed by atoms with Crippen LogP contribution < -0.4 is 5.32 Å². The Hall–Kier alpha value is -3.75. The Morgan fingerprint density at radius 2 is 2.00 bits per heavy atom. The van der Waals surface area contributed by atoms with Crippen LogP contribution in [-0.4, -0.2) is 30.3 Å². The molecule has 0 unspecified atom stereocenters. The van der Waals surface area contributed by atoms with E-state index in [2.05, 4.69) is 25.4 Å². The number of hydrogen-bond acceptors (Lipinski definition) is 6. The minimum Gasteiger partial charge on any atom is -0.336 e. The van der Waals surface area contributed by atoms with Gasteiger partial charge in [0.25, 0.3) is 0 Å². The Morgan fingerprint density at radius 3 is 2.70 bits per heavy atom. The molecule has 4 heterocycles. The molecule has 0 saturated carbocycles. The van der Waals surface area contributed by atoms with E-state index in [9.17, 15) is 13.6 Å². The summed E-state index contributed by atoms with van der Waals surface area (Å²) in [4.78, 5) is 24.0. The van der Waals surface area contributed by atoms with E-state index in [4.69, 9.17) is 0 Å². The highest BCUT2D eigenvalue weighted by Gasteiger charge is 2.18. The number of anilines is 2. The number of ketones is 1. The first-order valence-electron chi connectivity index (χ1n) is 7.91. The summed E-state index contributed by atoms with van der Waals surface area (Å²) in [6.07, 6.45) is 5.13. The summed E-state index contributed by atoms with van der Waals surface area (Å²) in [6.45, 7) is 1.42. The van der Waals surface area contributed by atoms with E-state index in [0.717, 1.165) is 12.4 Å². The summed E-state index contributed by atoms with van der Waals surface area (Å²) in [7, 11) is 0. The zero-order valence-corrected chi connectivity index (χ0v) is 14.0. The number of Topliss-reactive ketones (excluding diaryl/α,β-unsaturated/α-hetero) is 1. The lowest BCUT2D eigenvalue weighted by molar-refractivity contribution is 0.101. The zero-order valence-electron chi connectivity index (χ0n) is 14.0. The number of aromatic nitrogens is 5. The lowest BCUT2D eigenvalue weighted by Gasteiger charge is -2.11. The Labute approximate surface area is 151 Å². The van der Waals surface area contributed by atoms with Crippen molar-refractivity contribution >= 4 is 22.8 Å². The zero-order chi connectivity index (χ0) is 19.0. The highest BCUT2D eigenvalue weighted by molar-refractivity contribution is 6.04. The third kappa shape index (κ3) is 3.10. The lowest BCUT2D eigenvalue weighted by atomic mass is 10.2. The van der Waals surface area contributed by atoms with Crippen LogP contribution in [0.2, 0.25) is 0 Å². The van der Waals surface area contributed by atoms with Crippen molar-refractivity contribution in [2.24, 2.45) is 0 Å². The molecule has 0 bridgehead atoms. The average Bonchev–Trinajstić information content (AvgIpc) is 3.09. The first-order valence-corrected chi connectivity index (χ1v) is 7.91. The standard InChI is InChI=1S/C18H12F2N6O/c1-10(27)12-5-7-26-16(12)18(23-14-4-6-21-9-13(14)20)24-17(25-26)15-3-2-11(19)8-22-15/h2-9H,1H3,(H,21,23,24,25). The average molecular weight is 366 g/mol. The van der Waals surface area contributed by atoms with Gasteiger partial charge in [0.15, 0.2) is 17.4 Å². The van der Waals surface area contributed by atoms with Gasteiger partial charge in [0.2, 0.25) is 5.82 Å². The predicted octanol–water partition coefficient (Wildman–Crippen LogP) is 3.41. The van der Waals surface area contributed by atoms with E-state index in [1.54, 1.807) is 12.3 Å². The van der Waals surface area contributed by atoms with Gasteiger partial charge in [-0.15, -0.1) is 5.10 Å². The van der Waals surface area contributed by atoms with Gasteiger partial charge in [0, 0.05) is 18.0 Å². The van der Waals surface area contributed by atoms with Gasteiger partial charge in [-0.25, -0.2) is 23.3 Å². The fraction of sp³-hybridized carbons (Fsp3) is 0.0556. The number of hydrogen-bond donors (Lipinski definition) is 1. The van der Waals surface area contributed by atoms with Crippen LogP contribution >= 0.6 is 0 Å². The van der Waals surface area contributed by atoms with E-state index >= 15 is 0 Å². The first-order chi connectivity index (χ1) is 13.0. The summed E-state index contributed by atoms with van der Waals surface area (Å²) >= 11 is 0. The molecule has 4 aromatic rings. The van der Waals surface area contributed by atoms with Crippen molar-refractivity contribution in [3.05, 3.63) is 66.3 Å². The third-order valence-corrected chi connectivity index (χ3v) is 3.87. The third-order valence-electron chi connectivity index (χ3n) is 3.87. The summed E-state index contributed by atoms with van der Waals surface area (Å²) in [5.41, 5.74) is 1.24.